The molecule has 1 saturated carbocycles. The van der Waals surface area contributed by atoms with Gasteiger partial charge in [0.1, 0.15) is 11.1 Å². The van der Waals surface area contributed by atoms with Crippen LogP contribution < -0.4 is 10.6 Å². The molecule has 1 aliphatic carbocycles. The van der Waals surface area contributed by atoms with E-state index in [0.29, 0.717) is 35.0 Å². The van der Waals surface area contributed by atoms with Crippen LogP contribution in [0.2, 0.25) is 0 Å². The summed E-state index contributed by atoms with van der Waals surface area (Å²) in [6, 6.07) is 0.327. The first-order chi connectivity index (χ1) is 11.1. The molecule has 1 fully saturated rings. The smallest absolute Gasteiger partial charge is 0.325 e. The minimum Gasteiger partial charge on any atom is -0.465 e. The second-order valence-electron chi connectivity index (χ2n) is 5.40. The Bertz CT molecular complexity index is 521. The van der Waals surface area contributed by atoms with Crippen LogP contribution in [0, 0.1) is 0 Å². The summed E-state index contributed by atoms with van der Waals surface area (Å²) >= 11 is 3.33. The number of esters is 1. The molecule has 23 heavy (non-hydrogen) atoms. The number of ether oxygens (including phenoxy) is 2. The first-order valence-electron chi connectivity index (χ1n) is 7.83. The first-order valence-corrected chi connectivity index (χ1v) is 8.63. The van der Waals surface area contributed by atoms with Crippen LogP contribution in [0.15, 0.2) is 10.8 Å². The van der Waals surface area contributed by atoms with Gasteiger partial charge in [0.15, 0.2) is 11.6 Å². The Hall–Kier alpha value is -1.41. The van der Waals surface area contributed by atoms with E-state index in [1.54, 1.807) is 20.2 Å². The molecule has 2 rings (SSSR count). The first kappa shape index (κ1) is 17.9. The number of hydrogen-bond acceptors (Lipinski definition) is 7. The molecule has 1 aromatic rings. The maximum atomic E-state index is 11.5. The predicted octanol–water partition coefficient (Wildman–Crippen LogP) is 2.58. The van der Waals surface area contributed by atoms with Crippen LogP contribution in [0.3, 0.4) is 0 Å². The fraction of sp³-hybridized carbons (Fsp3) is 0.667. The van der Waals surface area contributed by atoms with Gasteiger partial charge in [0.05, 0.1) is 18.9 Å². The molecule has 0 atom stereocenters. The van der Waals surface area contributed by atoms with Crippen molar-refractivity contribution in [1.29, 1.82) is 0 Å². The molecule has 0 unspecified atom stereocenters. The van der Waals surface area contributed by atoms with Crippen LogP contribution in [0.1, 0.15) is 32.6 Å². The Balaban J connectivity index is 1.97. The van der Waals surface area contributed by atoms with E-state index >= 15 is 0 Å². The van der Waals surface area contributed by atoms with Gasteiger partial charge in [0.2, 0.25) is 0 Å². The predicted molar refractivity (Wildman–Crippen MR) is 91.5 cm³/mol. The Kier molecular flexibility index (Phi) is 7.04. The number of nitrogens with one attached hydrogen (secondary N) is 2. The van der Waals surface area contributed by atoms with Gasteiger partial charge in [-0.15, -0.1) is 0 Å². The Morgan fingerprint density at radius 3 is 2.74 bits per heavy atom. The summed E-state index contributed by atoms with van der Waals surface area (Å²) in [6.45, 7) is 2.20. The monoisotopic (exact) mass is 388 g/mol. The van der Waals surface area contributed by atoms with Gasteiger partial charge in [-0.05, 0) is 48.5 Å². The van der Waals surface area contributed by atoms with Gasteiger partial charge in [-0.2, -0.15) is 0 Å². The zero-order valence-electron chi connectivity index (χ0n) is 13.5. The van der Waals surface area contributed by atoms with Crippen LogP contribution in [0.4, 0.5) is 11.6 Å². The van der Waals surface area contributed by atoms with E-state index in [0.717, 1.165) is 25.7 Å². The third-order valence-electron chi connectivity index (χ3n) is 3.80. The molecule has 7 nitrogen and oxygen atoms in total. The van der Waals surface area contributed by atoms with E-state index in [4.69, 9.17) is 9.47 Å². The topological polar surface area (TPSA) is 85.4 Å². The standard InChI is InChI=1S/C15H23BrN4O3/c1-3-23-13(21)9-18-14-15(20-12(16)8-17-14)19-10-4-6-11(22-2)7-5-10/h8,10-11H,3-7,9H2,1-2H3,(H,17,18)(H,19,20)/t10-,11-/i9+1,13+1. The highest BCUT2D eigenvalue weighted by Gasteiger charge is 2.22. The van der Waals surface area contributed by atoms with Gasteiger partial charge in [-0.25, -0.2) is 9.97 Å². The Morgan fingerprint density at radius 1 is 1.35 bits per heavy atom. The quantitative estimate of drug-likeness (QED) is 0.548. The van der Waals surface area contributed by atoms with Crippen molar-refractivity contribution in [2.45, 2.75) is 44.8 Å². The molecule has 1 heterocycles. The van der Waals surface area contributed by atoms with Crippen LogP contribution in [-0.2, 0) is 14.3 Å². The molecule has 0 amide bonds. The normalized spacial score (nSPS) is 20.8. The highest BCUT2D eigenvalue weighted by Crippen LogP contribution is 2.26. The van der Waals surface area contributed by atoms with Crippen molar-refractivity contribution in [3.05, 3.63) is 10.8 Å². The summed E-state index contributed by atoms with van der Waals surface area (Å²) in [5.74, 6) is 0.878. The second kappa shape index (κ2) is 9.02. The molecular formula is C15H23BrN4O3. The lowest BCUT2D eigenvalue weighted by Gasteiger charge is -2.29. The summed E-state index contributed by atoms with van der Waals surface area (Å²) in [5, 5.41) is 6.40. The number of aromatic nitrogens is 2. The molecule has 0 aliphatic heterocycles. The molecule has 1 aromatic heterocycles. The SMILES string of the molecule is CCO[13C](=O)[13CH2]Nc1ncc(Br)nc1N[C@H]1CC[C@H](OC)CC1. The van der Waals surface area contributed by atoms with Crippen molar-refractivity contribution in [2.24, 2.45) is 0 Å². The fourth-order valence-electron chi connectivity index (χ4n) is 2.60. The number of methoxy groups -OCH3 is 1. The highest BCUT2D eigenvalue weighted by atomic mass is 79.9. The van der Waals surface area contributed by atoms with Crippen LogP contribution in [0.5, 0.6) is 0 Å². The largest absolute Gasteiger partial charge is 0.465 e. The fourth-order valence-corrected chi connectivity index (χ4v) is 2.88. The third-order valence-corrected chi connectivity index (χ3v) is 4.18. The molecule has 0 radical (unpaired) electrons. The van der Waals surface area contributed by atoms with Crippen LogP contribution in [0.25, 0.3) is 0 Å². The number of carbonyl (C=O) groups excluding carboxylic acids is 1. The average molecular weight is 389 g/mol. The lowest BCUT2D eigenvalue weighted by molar-refractivity contribution is -0.140. The van der Waals surface area contributed by atoms with Gasteiger partial charge in [-0.3, -0.25) is 4.79 Å². The van der Waals surface area contributed by atoms with Crippen molar-refractivity contribution in [3.63, 3.8) is 0 Å². The lowest BCUT2D eigenvalue weighted by atomic mass is 9.93. The molecule has 0 aromatic carbocycles. The molecule has 0 spiro atoms. The number of nitrogens with zero attached hydrogens (tertiary/aromatic N) is 2. The van der Waals surface area contributed by atoms with Crippen molar-refractivity contribution in [2.75, 3.05) is 30.9 Å². The van der Waals surface area contributed by atoms with E-state index in [-0.39, 0.29) is 12.5 Å². The zero-order chi connectivity index (χ0) is 16.7. The van der Waals surface area contributed by atoms with E-state index in [2.05, 4.69) is 36.5 Å². The number of hydrogen-bond donors (Lipinski definition) is 2. The molecule has 1 aliphatic rings. The molecule has 0 bridgehead atoms. The van der Waals surface area contributed by atoms with Gasteiger partial charge >= 0.3 is 5.97 Å². The van der Waals surface area contributed by atoms with E-state index in [9.17, 15) is 4.79 Å². The summed E-state index contributed by atoms with van der Waals surface area (Å²) in [6.07, 6.45) is 6.04. The third kappa shape index (κ3) is 5.62. The van der Waals surface area contributed by atoms with Gasteiger partial charge in [-0.1, -0.05) is 0 Å². The van der Waals surface area contributed by atoms with Crippen LogP contribution >= 0.6 is 15.9 Å². The Morgan fingerprint density at radius 2 is 2.09 bits per heavy atom. The molecule has 8 heteroatoms. The highest BCUT2D eigenvalue weighted by molar-refractivity contribution is 9.10. The van der Waals surface area contributed by atoms with Crippen molar-refractivity contribution < 1.29 is 14.3 Å². The van der Waals surface area contributed by atoms with Crippen molar-refractivity contribution in [1.82, 2.24) is 9.97 Å². The van der Waals surface area contributed by atoms with E-state index in [1.807, 2.05) is 0 Å². The maximum Gasteiger partial charge on any atom is 0.325 e. The molecular weight excluding hydrogens is 366 g/mol. The van der Waals surface area contributed by atoms with Crippen LogP contribution in [-0.4, -0.2) is 48.3 Å². The molecule has 128 valence electrons. The van der Waals surface area contributed by atoms with Crippen molar-refractivity contribution >= 4 is 33.5 Å². The second-order valence-corrected chi connectivity index (χ2v) is 6.21. The zero-order valence-corrected chi connectivity index (χ0v) is 15.1. The average Bonchev–Trinajstić information content (AvgIpc) is 2.55. The number of halogens is 1. The van der Waals surface area contributed by atoms with Gasteiger partial charge < -0.3 is 20.1 Å². The summed E-state index contributed by atoms with van der Waals surface area (Å²) in [5.41, 5.74) is 0. The minimum atomic E-state index is -0.316. The van der Waals surface area contributed by atoms with Crippen molar-refractivity contribution in [3.8, 4) is 0 Å². The summed E-state index contributed by atoms with van der Waals surface area (Å²) in [4.78, 5) is 20.2. The minimum absolute atomic E-state index is 0.0647. The lowest BCUT2D eigenvalue weighted by Crippen LogP contribution is -2.30. The maximum absolute atomic E-state index is 11.5. The molecule has 0 saturated heterocycles. The molecule has 2 N–H and O–H groups in total. The van der Waals surface area contributed by atoms with Gasteiger partial charge in [0.25, 0.3) is 0 Å². The van der Waals surface area contributed by atoms with Gasteiger partial charge in [0, 0.05) is 13.2 Å². The Labute approximate surface area is 144 Å². The summed E-state index contributed by atoms with van der Waals surface area (Å²) in [7, 11) is 1.76. The summed E-state index contributed by atoms with van der Waals surface area (Å²) < 4.78 is 10.9. The number of rotatable bonds is 7. The number of anilines is 2. The number of carbonyl (C=O) groups is 1. The van der Waals surface area contributed by atoms with E-state index in [1.165, 1.54) is 0 Å². The van der Waals surface area contributed by atoms with E-state index < -0.39 is 0 Å².